The lowest BCUT2D eigenvalue weighted by molar-refractivity contribution is -0.115. The molecule has 1 saturated heterocycles. The number of nitrogens with one attached hydrogen (secondary N) is 1. The molecule has 28 heavy (non-hydrogen) atoms. The summed E-state index contributed by atoms with van der Waals surface area (Å²) in [7, 11) is 1.84. The van der Waals surface area contributed by atoms with Gasteiger partial charge in [0, 0.05) is 7.05 Å². The van der Waals surface area contributed by atoms with Gasteiger partial charge in [0.25, 0.3) is 5.91 Å². The minimum Gasteiger partial charge on any atom is -0.388 e. The maximum absolute atomic E-state index is 12.3. The zero-order valence-electron chi connectivity index (χ0n) is 14.6. The number of hydrogen-bond donors (Lipinski definition) is 2. The van der Waals surface area contributed by atoms with Crippen LogP contribution < -0.4 is 5.32 Å². The third-order valence-electron chi connectivity index (χ3n) is 4.24. The van der Waals surface area contributed by atoms with Gasteiger partial charge in [-0.05, 0) is 47.7 Å². The van der Waals surface area contributed by atoms with E-state index in [1.54, 1.807) is 24.3 Å². The van der Waals surface area contributed by atoms with E-state index in [0.29, 0.717) is 31.6 Å². The molecule has 0 unspecified atom stereocenters. The fourth-order valence-electron chi connectivity index (χ4n) is 2.82. The molecule has 0 aliphatic carbocycles. The molecular formula is C19H14Cl2N4O2S. The van der Waals surface area contributed by atoms with Crippen molar-refractivity contribution in [2.45, 2.75) is 6.61 Å². The van der Waals surface area contributed by atoms with Crippen molar-refractivity contribution in [2.24, 2.45) is 12.0 Å². The van der Waals surface area contributed by atoms with Crippen molar-refractivity contribution in [3.63, 3.8) is 0 Å². The van der Waals surface area contributed by atoms with Crippen molar-refractivity contribution in [1.29, 1.82) is 0 Å². The van der Waals surface area contributed by atoms with Gasteiger partial charge in [0.2, 0.25) is 0 Å². The molecule has 3 aromatic rings. The first-order valence-electron chi connectivity index (χ1n) is 8.26. The minimum absolute atomic E-state index is 0.135. The molecule has 0 atom stereocenters. The van der Waals surface area contributed by atoms with Crippen molar-refractivity contribution >= 4 is 68.8 Å². The molecule has 1 aromatic heterocycles. The molecule has 2 N–H and O–H groups in total. The second-order valence-corrected chi connectivity index (χ2v) is 7.89. The average molecular weight is 433 g/mol. The molecule has 0 bridgehead atoms. The number of aliphatic hydroxyl groups is 1. The number of thioether (sulfide) groups is 1. The zero-order valence-corrected chi connectivity index (χ0v) is 16.9. The van der Waals surface area contributed by atoms with Crippen molar-refractivity contribution in [3.8, 4) is 0 Å². The highest BCUT2D eigenvalue weighted by molar-refractivity contribution is 8.18. The van der Waals surface area contributed by atoms with Crippen LogP contribution in [0.4, 0.5) is 5.69 Å². The number of hydrogen-bond acceptors (Lipinski definition) is 5. The number of carbonyl (C=O) groups is 1. The molecule has 6 nitrogen and oxygen atoms in total. The predicted octanol–water partition coefficient (Wildman–Crippen LogP) is 4.26. The normalized spacial score (nSPS) is 17.1. The third-order valence-corrected chi connectivity index (χ3v) is 5.76. The van der Waals surface area contributed by atoms with Crippen LogP contribution in [0, 0.1) is 0 Å². The van der Waals surface area contributed by atoms with E-state index in [-0.39, 0.29) is 12.5 Å². The monoisotopic (exact) mass is 432 g/mol. The summed E-state index contributed by atoms with van der Waals surface area (Å²) in [6.07, 6.45) is 1.78. The number of aryl methyl sites for hydroxylation is 1. The Labute approximate surface area is 174 Å². The molecule has 142 valence electrons. The van der Waals surface area contributed by atoms with Gasteiger partial charge in [-0.25, -0.2) is 9.98 Å². The Morgan fingerprint density at radius 3 is 2.75 bits per heavy atom. The van der Waals surface area contributed by atoms with Crippen LogP contribution in [0.25, 0.3) is 17.1 Å². The van der Waals surface area contributed by atoms with Crippen LogP contribution in [0.1, 0.15) is 11.4 Å². The maximum atomic E-state index is 12.3. The number of amides is 1. The number of halogens is 2. The van der Waals surface area contributed by atoms with Gasteiger partial charge in [-0.1, -0.05) is 35.3 Å². The number of aromatic nitrogens is 2. The Hall–Kier alpha value is -2.32. The Kier molecular flexibility index (Phi) is 5.16. The van der Waals surface area contributed by atoms with Crippen LogP contribution in [0.5, 0.6) is 0 Å². The molecule has 4 rings (SSSR count). The minimum atomic E-state index is -0.243. The average Bonchev–Trinajstić information content (AvgIpc) is 3.18. The summed E-state index contributed by atoms with van der Waals surface area (Å²) in [5.74, 6) is 0.340. The fourth-order valence-corrected chi connectivity index (χ4v) is 4.13. The van der Waals surface area contributed by atoms with Crippen LogP contribution >= 0.6 is 35.0 Å². The van der Waals surface area contributed by atoms with Crippen molar-refractivity contribution in [2.75, 3.05) is 0 Å². The standard InChI is InChI=1S/C19H14Cl2N4O2S/c1-25-14-7-10(5-6-13(14)22-16(25)9-26)8-15-18(27)24-19(28-15)23-17-11(20)3-2-4-12(17)21/h2-8,26H,9H2,1H3,(H,23,24,27)/b15-8-. The van der Waals surface area contributed by atoms with Crippen LogP contribution in [-0.2, 0) is 18.4 Å². The summed E-state index contributed by atoms with van der Waals surface area (Å²) in [5, 5.41) is 13.3. The first-order valence-corrected chi connectivity index (χ1v) is 9.83. The number of rotatable bonds is 3. The largest absolute Gasteiger partial charge is 0.388 e. The van der Waals surface area contributed by atoms with Crippen molar-refractivity contribution in [1.82, 2.24) is 14.9 Å². The highest BCUT2D eigenvalue weighted by atomic mass is 35.5. The van der Waals surface area contributed by atoms with Gasteiger partial charge in [-0.15, -0.1) is 0 Å². The zero-order chi connectivity index (χ0) is 19.8. The molecule has 1 amide bonds. The summed E-state index contributed by atoms with van der Waals surface area (Å²) in [4.78, 5) is 21.6. The Morgan fingerprint density at radius 1 is 1.29 bits per heavy atom. The van der Waals surface area contributed by atoms with Gasteiger partial charge in [0.05, 0.1) is 26.0 Å². The van der Waals surface area contributed by atoms with E-state index < -0.39 is 0 Å². The topological polar surface area (TPSA) is 79.5 Å². The van der Waals surface area contributed by atoms with Gasteiger partial charge >= 0.3 is 0 Å². The number of aliphatic hydroxyl groups excluding tert-OH is 1. The summed E-state index contributed by atoms with van der Waals surface area (Å²) >= 11 is 13.5. The number of nitrogens with zero attached hydrogens (tertiary/aromatic N) is 3. The maximum Gasteiger partial charge on any atom is 0.264 e. The molecule has 0 radical (unpaired) electrons. The molecule has 1 fully saturated rings. The van der Waals surface area contributed by atoms with Gasteiger partial charge in [-0.2, -0.15) is 0 Å². The molecule has 2 aromatic carbocycles. The number of para-hydroxylation sites is 1. The number of benzene rings is 2. The van der Waals surface area contributed by atoms with E-state index in [9.17, 15) is 9.90 Å². The van der Waals surface area contributed by atoms with E-state index >= 15 is 0 Å². The van der Waals surface area contributed by atoms with Crippen molar-refractivity contribution < 1.29 is 9.90 Å². The molecule has 0 saturated carbocycles. The summed E-state index contributed by atoms with van der Waals surface area (Å²) in [6.45, 7) is -0.135. The highest BCUT2D eigenvalue weighted by Crippen LogP contribution is 2.35. The molecule has 0 spiro atoms. The lowest BCUT2D eigenvalue weighted by Crippen LogP contribution is -2.19. The second kappa shape index (κ2) is 7.60. The summed E-state index contributed by atoms with van der Waals surface area (Å²) in [5.41, 5.74) is 2.92. The molecular weight excluding hydrogens is 419 g/mol. The molecule has 1 aliphatic heterocycles. The van der Waals surface area contributed by atoms with E-state index in [1.807, 2.05) is 29.8 Å². The summed E-state index contributed by atoms with van der Waals surface area (Å²) in [6, 6.07) is 10.8. The number of fused-ring (bicyclic) bond motifs is 1. The van der Waals surface area contributed by atoms with E-state index in [2.05, 4.69) is 15.3 Å². The van der Waals surface area contributed by atoms with Gasteiger partial charge < -0.3 is 15.0 Å². The van der Waals surface area contributed by atoms with Crippen LogP contribution in [0.2, 0.25) is 10.0 Å². The van der Waals surface area contributed by atoms with Crippen molar-refractivity contribution in [3.05, 3.63) is 62.7 Å². The smallest absolute Gasteiger partial charge is 0.264 e. The number of amidine groups is 1. The second-order valence-electron chi connectivity index (χ2n) is 6.05. The predicted molar refractivity (Wildman–Crippen MR) is 114 cm³/mol. The lowest BCUT2D eigenvalue weighted by Gasteiger charge is -2.01. The van der Waals surface area contributed by atoms with Gasteiger partial charge in [0.15, 0.2) is 5.17 Å². The first kappa shape index (κ1) is 19.0. The quantitative estimate of drug-likeness (QED) is 0.605. The Morgan fingerprint density at radius 2 is 2.04 bits per heavy atom. The number of carbonyl (C=O) groups excluding carboxylic acids is 1. The third kappa shape index (κ3) is 3.54. The molecule has 1 aliphatic rings. The highest BCUT2D eigenvalue weighted by Gasteiger charge is 2.24. The van der Waals surface area contributed by atoms with E-state index in [1.165, 1.54) is 11.8 Å². The van der Waals surface area contributed by atoms with Crippen LogP contribution in [0.15, 0.2) is 46.3 Å². The van der Waals surface area contributed by atoms with E-state index in [4.69, 9.17) is 23.2 Å². The Balaban J connectivity index is 1.66. The van der Waals surface area contributed by atoms with Gasteiger partial charge in [0.1, 0.15) is 18.1 Å². The SMILES string of the molecule is Cn1c(CO)nc2ccc(/C=C3\SC(=Nc4c(Cl)cccc4Cl)NC3=O)cc21. The molecule has 2 heterocycles. The van der Waals surface area contributed by atoms with Gasteiger partial charge in [-0.3, -0.25) is 4.79 Å². The fraction of sp³-hybridized carbons (Fsp3) is 0.105. The first-order chi connectivity index (χ1) is 13.5. The Bertz CT molecular complexity index is 1150. The lowest BCUT2D eigenvalue weighted by atomic mass is 10.2. The summed E-state index contributed by atoms with van der Waals surface area (Å²) < 4.78 is 1.82. The molecule has 9 heteroatoms. The number of imidazole rings is 1. The van der Waals surface area contributed by atoms with E-state index in [0.717, 1.165) is 16.6 Å². The van der Waals surface area contributed by atoms with Crippen LogP contribution in [-0.4, -0.2) is 25.7 Å². The number of aliphatic imine (C=N–C) groups is 1. The van der Waals surface area contributed by atoms with Crippen LogP contribution in [0.3, 0.4) is 0 Å².